The summed E-state index contributed by atoms with van der Waals surface area (Å²) in [6.45, 7) is 2.48. The van der Waals surface area contributed by atoms with Gasteiger partial charge in [-0.15, -0.1) is 0 Å². The lowest BCUT2D eigenvalue weighted by molar-refractivity contribution is -0.131. The molecule has 0 aliphatic heterocycles. The van der Waals surface area contributed by atoms with Crippen LogP contribution in [0, 0.1) is 0 Å². The summed E-state index contributed by atoms with van der Waals surface area (Å²) in [7, 11) is -5.46. The van der Waals surface area contributed by atoms with E-state index >= 15 is 0 Å². The van der Waals surface area contributed by atoms with Crippen molar-refractivity contribution in [2.24, 2.45) is 0 Å². The number of halogens is 3. The second-order valence-corrected chi connectivity index (χ2v) is 9.82. The highest BCUT2D eigenvalue weighted by Crippen LogP contribution is 2.31. The third-order valence-electron chi connectivity index (χ3n) is 3.76. The molecule has 27 heavy (non-hydrogen) atoms. The molecule has 2 N–H and O–H groups in total. The highest BCUT2D eigenvalue weighted by atomic mass is 32.2. The lowest BCUT2D eigenvalue weighted by atomic mass is 10.2. The van der Waals surface area contributed by atoms with E-state index < -0.39 is 36.9 Å². The number of hydrogen-bond acceptors (Lipinski definition) is 5. The van der Waals surface area contributed by atoms with Crippen molar-refractivity contribution in [1.29, 1.82) is 0 Å². The normalized spacial score (nSPS) is 13.3. The fourth-order valence-corrected chi connectivity index (χ4v) is 3.96. The second-order valence-electron chi connectivity index (χ2n) is 5.93. The molecular weight excluding hydrogens is 409 g/mol. The van der Waals surface area contributed by atoms with Gasteiger partial charge in [-0.1, -0.05) is 0 Å². The van der Waals surface area contributed by atoms with Crippen LogP contribution in [0.2, 0.25) is 0 Å². The molecule has 0 saturated heterocycles. The van der Waals surface area contributed by atoms with Crippen LogP contribution >= 0.6 is 10.9 Å². The van der Waals surface area contributed by atoms with Crippen molar-refractivity contribution in [1.82, 2.24) is 9.79 Å². The van der Waals surface area contributed by atoms with Crippen LogP contribution in [-0.2, 0) is 14.8 Å². The Morgan fingerprint density at radius 2 is 1.85 bits per heavy atom. The van der Waals surface area contributed by atoms with Crippen molar-refractivity contribution in [3.63, 3.8) is 0 Å². The zero-order valence-corrected chi connectivity index (χ0v) is 16.5. The molecule has 1 atom stereocenters. The first-order chi connectivity index (χ1) is 12.4. The van der Waals surface area contributed by atoms with Crippen LogP contribution in [0.4, 0.5) is 12.7 Å². The number of ether oxygens (including phenoxy) is 1. The monoisotopic (exact) mass is 430 g/mol. The van der Waals surface area contributed by atoms with Crippen molar-refractivity contribution < 1.29 is 35.8 Å². The Labute approximate surface area is 158 Å². The molecule has 1 aromatic rings. The molecule has 1 amide bonds. The number of rotatable bonds is 9. The zero-order valence-electron chi connectivity index (χ0n) is 14.9. The Balaban J connectivity index is 2.59. The molecule has 7 nitrogen and oxygen atoms in total. The number of hydrogen-bond donors (Lipinski definition) is 2. The van der Waals surface area contributed by atoms with Gasteiger partial charge in [-0.3, -0.25) is 10.0 Å². The summed E-state index contributed by atoms with van der Waals surface area (Å²) in [4.78, 5) is 11.4. The summed E-state index contributed by atoms with van der Waals surface area (Å²) in [5.41, 5.74) is 1.33. The van der Waals surface area contributed by atoms with Crippen molar-refractivity contribution in [2.75, 3.05) is 20.2 Å². The number of carbonyl (C=O) groups is 1. The van der Waals surface area contributed by atoms with Gasteiger partial charge in [0.05, 0.1) is 17.5 Å². The standard InChI is InChI=1S/C15H21F3N2O5S2/c1-15(2,13(21)19-22)27(23,24)20(3)9-4-10-25-11-5-7-12(8-6-11)26(18)14(16)17/h5-8,22H,4,9-10H2,1-3H3,(H,19,21). The van der Waals surface area contributed by atoms with Gasteiger partial charge in [0.2, 0.25) is 10.0 Å². The molecule has 0 aromatic heterocycles. The van der Waals surface area contributed by atoms with E-state index in [0.717, 1.165) is 4.31 Å². The van der Waals surface area contributed by atoms with E-state index in [0.29, 0.717) is 5.75 Å². The molecule has 0 spiro atoms. The molecule has 154 valence electrons. The van der Waals surface area contributed by atoms with Gasteiger partial charge in [0, 0.05) is 18.5 Å². The summed E-state index contributed by atoms with van der Waals surface area (Å²) in [6.07, 6.45) is 0.272. The van der Waals surface area contributed by atoms with Crippen molar-refractivity contribution in [2.45, 2.75) is 29.9 Å². The topological polar surface area (TPSA) is 95.9 Å². The van der Waals surface area contributed by atoms with E-state index in [-0.39, 0.29) is 24.5 Å². The van der Waals surface area contributed by atoms with Crippen LogP contribution in [0.15, 0.2) is 29.2 Å². The molecule has 0 fully saturated rings. The number of sulfonamides is 1. The largest absolute Gasteiger partial charge is 0.494 e. The molecule has 0 saturated carbocycles. The predicted octanol–water partition coefficient (Wildman–Crippen LogP) is 2.54. The Hall–Kier alpha value is -1.63. The maximum atomic E-state index is 13.2. The first-order valence-corrected chi connectivity index (χ1v) is 10.2. The molecule has 1 rings (SSSR count). The maximum Gasteiger partial charge on any atom is 0.328 e. The van der Waals surface area contributed by atoms with Gasteiger partial charge in [-0.05, 0) is 44.5 Å². The minimum Gasteiger partial charge on any atom is -0.494 e. The number of nitrogens with zero attached hydrogens (tertiary/aromatic N) is 1. The molecule has 12 heteroatoms. The van der Waals surface area contributed by atoms with E-state index in [1.807, 2.05) is 0 Å². The van der Waals surface area contributed by atoms with Gasteiger partial charge >= 0.3 is 5.37 Å². The smallest absolute Gasteiger partial charge is 0.328 e. The summed E-state index contributed by atoms with van der Waals surface area (Å²) < 4.78 is 66.9. The fraction of sp³-hybridized carbons (Fsp3) is 0.467. The second kappa shape index (κ2) is 9.53. The number of carbonyl (C=O) groups excluding carboxylic acids is 1. The third kappa shape index (κ3) is 5.67. The van der Waals surface area contributed by atoms with Gasteiger partial charge in [-0.2, -0.15) is 12.7 Å². The van der Waals surface area contributed by atoms with E-state index in [1.165, 1.54) is 50.6 Å². The fourth-order valence-electron chi connectivity index (χ4n) is 1.98. The van der Waals surface area contributed by atoms with E-state index in [4.69, 9.17) is 9.94 Å². The number of benzene rings is 1. The Kier molecular flexibility index (Phi) is 8.26. The number of amides is 1. The SMILES string of the molecule is CN(CCCOc1ccc(S(F)=C(F)F)cc1)S(=O)(=O)C(C)(C)C(=O)NO. The van der Waals surface area contributed by atoms with Crippen LogP contribution < -0.4 is 10.2 Å². The van der Waals surface area contributed by atoms with Crippen LogP contribution in [0.1, 0.15) is 20.3 Å². The highest BCUT2D eigenvalue weighted by Gasteiger charge is 2.44. The van der Waals surface area contributed by atoms with Crippen LogP contribution in [0.3, 0.4) is 0 Å². The minimum absolute atomic E-state index is 0.0402. The molecule has 0 aliphatic carbocycles. The average molecular weight is 430 g/mol. The number of nitrogens with one attached hydrogen (secondary N) is 1. The van der Waals surface area contributed by atoms with Crippen LogP contribution in [0.25, 0.3) is 0 Å². The summed E-state index contributed by atoms with van der Waals surface area (Å²) in [6, 6.07) is 5.05. The van der Waals surface area contributed by atoms with Gasteiger partial charge < -0.3 is 4.74 Å². The zero-order chi connectivity index (χ0) is 20.8. The Morgan fingerprint density at radius 3 is 2.33 bits per heavy atom. The van der Waals surface area contributed by atoms with Crippen LogP contribution in [-0.4, -0.2) is 54.2 Å². The lowest BCUT2D eigenvalue weighted by Crippen LogP contribution is -2.52. The molecule has 1 unspecified atom stereocenters. The van der Waals surface area contributed by atoms with Crippen molar-refractivity contribution >= 4 is 32.2 Å². The van der Waals surface area contributed by atoms with Gasteiger partial charge in [0.25, 0.3) is 5.91 Å². The molecule has 0 aliphatic rings. The first-order valence-electron chi connectivity index (χ1n) is 7.67. The minimum atomic E-state index is -4.03. The summed E-state index contributed by atoms with van der Waals surface area (Å²) in [5, 5.41) is 6.37. The summed E-state index contributed by atoms with van der Waals surface area (Å²) in [5.74, 6) is -0.736. The number of hydroxylamine groups is 1. The lowest BCUT2D eigenvalue weighted by Gasteiger charge is -2.28. The van der Waals surface area contributed by atoms with E-state index in [1.54, 1.807) is 0 Å². The molecule has 0 heterocycles. The Morgan fingerprint density at radius 1 is 1.30 bits per heavy atom. The molecule has 0 radical (unpaired) electrons. The van der Waals surface area contributed by atoms with E-state index in [9.17, 15) is 25.9 Å². The average Bonchev–Trinajstić information content (AvgIpc) is 2.63. The Bertz CT molecular complexity index is 794. The van der Waals surface area contributed by atoms with Gasteiger partial charge in [-0.25, -0.2) is 18.2 Å². The van der Waals surface area contributed by atoms with Gasteiger partial charge in [0.15, 0.2) is 4.75 Å². The van der Waals surface area contributed by atoms with Crippen LogP contribution in [0.5, 0.6) is 5.75 Å². The highest BCUT2D eigenvalue weighted by molar-refractivity contribution is 8.11. The summed E-state index contributed by atoms with van der Waals surface area (Å²) >= 11 is 0. The van der Waals surface area contributed by atoms with Crippen molar-refractivity contribution in [3.05, 3.63) is 24.3 Å². The maximum absolute atomic E-state index is 13.2. The molecular formula is C15H21F3N2O5S2. The quantitative estimate of drug-likeness (QED) is 0.206. The van der Waals surface area contributed by atoms with E-state index in [2.05, 4.69) is 0 Å². The molecule has 1 aromatic carbocycles. The van der Waals surface area contributed by atoms with Gasteiger partial charge in [0.1, 0.15) is 5.75 Å². The van der Waals surface area contributed by atoms with Crippen molar-refractivity contribution in [3.8, 4) is 5.75 Å². The first kappa shape index (κ1) is 23.4. The molecule has 0 bridgehead atoms. The predicted molar refractivity (Wildman–Crippen MR) is 96.3 cm³/mol. The third-order valence-corrected chi connectivity index (χ3v) is 7.19.